The number of guanidine groups is 2. The number of rotatable bonds is 5. The van der Waals surface area contributed by atoms with Crippen LogP contribution in [0, 0.1) is 0 Å². The summed E-state index contributed by atoms with van der Waals surface area (Å²) in [4.78, 5) is 14.3. The van der Waals surface area contributed by atoms with Gasteiger partial charge in [0.15, 0.2) is 0 Å². The molecule has 0 radical (unpaired) electrons. The third-order valence-corrected chi connectivity index (χ3v) is 5.22. The number of ether oxygens (including phenoxy) is 1. The summed E-state index contributed by atoms with van der Waals surface area (Å²) < 4.78 is 5.50. The summed E-state index contributed by atoms with van der Waals surface area (Å²) >= 11 is 0. The molecule has 0 amide bonds. The zero-order valence-electron chi connectivity index (χ0n) is 15.3. The van der Waals surface area contributed by atoms with Crippen LogP contribution < -0.4 is 10.7 Å². The predicted molar refractivity (Wildman–Crippen MR) is 98.3 cm³/mol. The van der Waals surface area contributed by atoms with Crippen molar-refractivity contribution in [3.8, 4) is 0 Å². The van der Waals surface area contributed by atoms with E-state index in [-0.39, 0.29) is 0 Å². The van der Waals surface area contributed by atoms with E-state index >= 15 is 0 Å². The molecule has 3 heterocycles. The summed E-state index contributed by atoms with van der Waals surface area (Å²) in [5.41, 5.74) is 6.06. The minimum atomic E-state index is 0.445. The molecular weight excluding hydrogens is 318 g/mol. The highest BCUT2D eigenvalue weighted by Crippen LogP contribution is 2.35. The van der Waals surface area contributed by atoms with E-state index < -0.39 is 0 Å². The van der Waals surface area contributed by atoms with Gasteiger partial charge in [0, 0.05) is 19.6 Å². The molecule has 0 saturated carbocycles. The SMILES string of the molecule is CN(C)CCCNC1=NC2=NC3=C(CCC3N3CCOCC3)CN2N1. The normalized spacial score (nSPS) is 26.4. The Balaban J connectivity index is 1.38. The Bertz CT molecular complexity index is 592. The van der Waals surface area contributed by atoms with Crippen LogP contribution in [0.3, 0.4) is 0 Å². The van der Waals surface area contributed by atoms with E-state index in [4.69, 9.17) is 9.73 Å². The lowest BCUT2D eigenvalue weighted by Gasteiger charge is -2.33. The van der Waals surface area contributed by atoms with E-state index in [1.165, 1.54) is 17.7 Å². The first kappa shape index (κ1) is 16.8. The summed E-state index contributed by atoms with van der Waals surface area (Å²) in [7, 11) is 4.19. The van der Waals surface area contributed by atoms with Gasteiger partial charge >= 0.3 is 0 Å². The second-order valence-corrected chi connectivity index (χ2v) is 7.35. The fourth-order valence-electron chi connectivity index (χ4n) is 3.91. The van der Waals surface area contributed by atoms with Gasteiger partial charge in [0.25, 0.3) is 0 Å². The highest BCUT2D eigenvalue weighted by atomic mass is 16.5. The van der Waals surface area contributed by atoms with Gasteiger partial charge < -0.3 is 15.0 Å². The van der Waals surface area contributed by atoms with E-state index in [0.29, 0.717) is 6.04 Å². The highest BCUT2D eigenvalue weighted by molar-refractivity contribution is 6.01. The predicted octanol–water partition coefficient (Wildman–Crippen LogP) is -0.178. The van der Waals surface area contributed by atoms with Crippen LogP contribution in [0.1, 0.15) is 19.3 Å². The van der Waals surface area contributed by atoms with Crippen LogP contribution in [0.5, 0.6) is 0 Å². The van der Waals surface area contributed by atoms with Crippen LogP contribution in [0.2, 0.25) is 0 Å². The van der Waals surface area contributed by atoms with Gasteiger partial charge in [-0.1, -0.05) is 0 Å². The van der Waals surface area contributed by atoms with Crippen LogP contribution in [-0.2, 0) is 4.74 Å². The maximum Gasteiger partial charge on any atom is 0.248 e. The molecule has 25 heavy (non-hydrogen) atoms. The van der Waals surface area contributed by atoms with E-state index in [0.717, 1.165) is 70.7 Å². The minimum Gasteiger partial charge on any atom is -0.379 e. The lowest BCUT2D eigenvalue weighted by atomic mass is 10.1. The average Bonchev–Trinajstić information content (AvgIpc) is 3.20. The maximum absolute atomic E-state index is 5.50. The second kappa shape index (κ2) is 7.31. The van der Waals surface area contributed by atoms with Gasteiger partial charge in [0.1, 0.15) is 0 Å². The van der Waals surface area contributed by atoms with Crippen LogP contribution in [0.15, 0.2) is 21.3 Å². The molecule has 1 atom stereocenters. The molecular formula is C17H29N7O. The second-order valence-electron chi connectivity index (χ2n) is 7.35. The maximum atomic E-state index is 5.50. The van der Waals surface area contributed by atoms with Crippen molar-refractivity contribution in [2.24, 2.45) is 9.98 Å². The highest BCUT2D eigenvalue weighted by Gasteiger charge is 2.37. The molecule has 138 valence electrons. The van der Waals surface area contributed by atoms with Gasteiger partial charge in [-0.15, -0.1) is 0 Å². The number of hydrogen-bond acceptors (Lipinski definition) is 8. The fraction of sp³-hybridized carbons (Fsp3) is 0.765. The first-order valence-corrected chi connectivity index (χ1v) is 9.34. The van der Waals surface area contributed by atoms with Crippen LogP contribution in [-0.4, -0.2) is 92.8 Å². The van der Waals surface area contributed by atoms with E-state index in [2.05, 4.69) is 44.6 Å². The topological polar surface area (TPSA) is 67.7 Å². The Morgan fingerprint density at radius 2 is 2.12 bits per heavy atom. The number of aliphatic imine (C=N–C) groups is 2. The molecule has 4 rings (SSSR count). The largest absolute Gasteiger partial charge is 0.379 e. The molecule has 1 aliphatic carbocycles. The Hall–Kier alpha value is -1.64. The van der Waals surface area contributed by atoms with Crippen LogP contribution >= 0.6 is 0 Å². The number of hydrazine groups is 1. The van der Waals surface area contributed by atoms with E-state index in [9.17, 15) is 0 Å². The lowest BCUT2D eigenvalue weighted by Crippen LogP contribution is -2.47. The molecule has 1 fully saturated rings. The summed E-state index contributed by atoms with van der Waals surface area (Å²) in [6, 6.07) is 0.445. The quantitative estimate of drug-likeness (QED) is 0.673. The number of nitrogens with zero attached hydrogens (tertiary/aromatic N) is 5. The summed E-state index contributed by atoms with van der Waals surface area (Å²) in [5.74, 6) is 1.62. The summed E-state index contributed by atoms with van der Waals surface area (Å²) in [6.45, 7) is 6.57. The van der Waals surface area contributed by atoms with Gasteiger partial charge in [0.2, 0.25) is 11.9 Å². The van der Waals surface area contributed by atoms with Crippen molar-refractivity contribution in [2.45, 2.75) is 25.3 Å². The molecule has 1 unspecified atom stereocenters. The molecule has 0 bridgehead atoms. The molecule has 0 spiro atoms. The summed E-state index contributed by atoms with van der Waals surface area (Å²) in [6.07, 6.45) is 3.40. The number of fused-ring (bicyclic) bond motifs is 1. The van der Waals surface area contributed by atoms with Gasteiger partial charge in [-0.05, 0) is 45.5 Å². The van der Waals surface area contributed by atoms with Crippen molar-refractivity contribution in [1.29, 1.82) is 0 Å². The monoisotopic (exact) mass is 347 g/mol. The van der Waals surface area contributed by atoms with Gasteiger partial charge in [-0.3, -0.25) is 10.3 Å². The zero-order chi connectivity index (χ0) is 17.2. The molecule has 1 saturated heterocycles. The third kappa shape index (κ3) is 3.65. The Morgan fingerprint density at radius 1 is 1.28 bits per heavy atom. The smallest absolute Gasteiger partial charge is 0.248 e. The van der Waals surface area contributed by atoms with Crippen LogP contribution in [0.4, 0.5) is 0 Å². The van der Waals surface area contributed by atoms with Crippen molar-refractivity contribution in [3.05, 3.63) is 11.3 Å². The van der Waals surface area contributed by atoms with Crippen molar-refractivity contribution in [1.82, 2.24) is 25.6 Å². The summed E-state index contributed by atoms with van der Waals surface area (Å²) in [5, 5.41) is 5.44. The van der Waals surface area contributed by atoms with Gasteiger partial charge in [-0.25, -0.2) is 10.0 Å². The minimum absolute atomic E-state index is 0.445. The lowest BCUT2D eigenvalue weighted by molar-refractivity contribution is 0.0236. The average molecular weight is 347 g/mol. The number of hydrogen-bond donors (Lipinski definition) is 2. The standard InChI is InChI=1S/C17H29N7O/c1-22(2)7-3-6-18-16-20-17-19-15-13(12-24(17)21-16)4-5-14(15)23-8-10-25-11-9-23/h14H,3-12H2,1-2H3,(H2,18,19,20,21). The van der Waals surface area contributed by atoms with Crippen molar-refractivity contribution in [2.75, 3.05) is 60.0 Å². The molecule has 0 aromatic rings. The van der Waals surface area contributed by atoms with Crippen LogP contribution in [0.25, 0.3) is 0 Å². The number of morpholine rings is 1. The zero-order valence-corrected chi connectivity index (χ0v) is 15.3. The van der Waals surface area contributed by atoms with E-state index in [1.54, 1.807) is 0 Å². The van der Waals surface area contributed by atoms with Gasteiger partial charge in [0.05, 0.1) is 31.5 Å². The fourth-order valence-corrected chi connectivity index (χ4v) is 3.91. The molecule has 0 aromatic heterocycles. The third-order valence-electron chi connectivity index (χ3n) is 5.22. The van der Waals surface area contributed by atoms with E-state index in [1.807, 2.05) is 0 Å². The Labute approximate surface area is 149 Å². The number of nitrogens with one attached hydrogen (secondary N) is 2. The Morgan fingerprint density at radius 3 is 2.92 bits per heavy atom. The van der Waals surface area contributed by atoms with Crippen molar-refractivity contribution < 1.29 is 4.74 Å². The molecule has 0 aromatic carbocycles. The molecule has 8 heteroatoms. The Kier molecular flexibility index (Phi) is 4.91. The van der Waals surface area contributed by atoms with Crippen molar-refractivity contribution in [3.63, 3.8) is 0 Å². The van der Waals surface area contributed by atoms with Gasteiger partial charge in [-0.2, -0.15) is 4.99 Å². The first-order valence-electron chi connectivity index (χ1n) is 9.34. The van der Waals surface area contributed by atoms with Crippen molar-refractivity contribution >= 4 is 11.9 Å². The first-order chi connectivity index (χ1) is 12.2. The molecule has 8 nitrogen and oxygen atoms in total. The molecule has 3 aliphatic heterocycles. The molecule has 4 aliphatic rings. The molecule has 2 N–H and O–H groups in total.